The van der Waals surface area contributed by atoms with Gasteiger partial charge in [0.25, 0.3) is 0 Å². The van der Waals surface area contributed by atoms with Crippen LogP contribution in [0, 0.1) is 5.92 Å². The first kappa shape index (κ1) is 16.6. The minimum Gasteiger partial charge on any atom is -0.450 e. The zero-order valence-corrected chi connectivity index (χ0v) is 13.8. The van der Waals surface area contributed by atoms with Crippen LogP contribution in [0.5, 0.6) is 0 Å². The molecule has 4 heteroatoms. The van der Waals surface area contributed by atoms with E-state index in [1.807, 2.05) is 6.92 Å². The Morgan fingerprint density at radius 1 is 1.24 bits per heavy atom. The van der Waals surface area contributed by atoms with E-state index in [9.17, 15) is 4.79 Å². The summed E-state index contributed by atoms with van der Waals surface area (Å²) < 4.78 is 5.05. The molecule has 1 heterocycles. The summed E-state index contributed by atoms with van der Waals surface area (Å²) in [5.41, 5.74) is 0. The lowest BCUT2D eigenvalue weighted by atomic mass is 9.89. The van der Waals surface area contributed by atoms with Crippen molar-refractivity contribution >= 4 is 6.09 Å². The van der Waals surface area contributed by atoms with Crippen LogP contribution in [0.3, 0.4) is 0 Å². The highest BCUT2D eigenvalue weighted by molar-refractivity contribution is 5.67. The number of nitrogens with one attached hydrogen (secondary N) is 1. The number of piperidine rings is 1. The number of alkyl carbamates (subject to hydrolysis) is 1. The van der Waals surface area contributed by atoms with Crippen LogP contribution >= 0.6 is 0 Å². The van der Waals surface area contributed by atoms with Gasteiger partial charge in [-0.25, -0.2) is 4.79 Å². The SMILES string of the molecule is CCCCC1CC(NC(=O)OCC)CN(C2CCCC2)C1. The number of amides is 1. The third kappa shape index (κ3) is 5.17. The van der Waals surface area contributed by atoms with Crippen LogP contribution in [0.15, 0.2) is 0 Å². The van der Waals surface area contributed by atoms with Crippen LogP contribution in [-0.2, 0) is 4.74 Å². The van der Waals surface area contributed by atoms with Crippen molar-refractivity contribution < 1.29 is 9.53 Å². The first-order valence-electron chi connectivity index (χ1n) is 8.90. The highest BCUT2D eigenvalue weighted by atomic mass is 16.5. The van der Waals surface area contributed by atoms with Gasteiger partial charge in [0.1, 0.15) is 0 Å². The molecule has 0 aromatic rings. The minimum absolute atomic E-state index is 0.245. The molecular formula is C17H32N2O2. The van der Waals surface area contributed by atoms with E-state index in [1.165, 1.54) is 51.5 Å². The molecule has 2 aliphatic rings. The smallest absolute Gasteiger partial charge is 0.407 e. The molecule has 1 aliphatic carbocycles. The Kier molecular flexibility index (Phi) is 6.81. The summed E-state index contributed by atoms with van der Waals surface area (Å²) in [6, 6.07) is 1.01. The molecule has 1 aliphatic heterocycles. The lowest BCUT2D eigenvalue weighted by Crippen LogP contribution is -2.53. The standard InChI is InChI=1S/C17H32N2O2/c1-3-5-8-14-11-15(18-17(20)21-4-2)13-19(12-14)16-9-6-7-10-16/h14-16H,3-13H2,1-2H3,(H,18,20). The number of hydrogen-bond donors (Lipinski definition) is 1. The van der Waals surface area contributed by atoms with E-state index in [0.717, 1.165) is 24.9 Å². The van der Waals surface area contributed by atoms with E-state index in [-0.39, 0.29) is 12.1 Å². The number of rotatable bonds is 6. The first-order valence-corrected chi connectivity index (χ1v) is 8.90. The third-order valence-electron chi connectivity index (χ3n) is 4.97. The van der Waals surface area contributed by atoms with Gasteiger partial charge < -0.3 is 10.1 Å². The van der Waals surface area contributed by atoms with Crippen molar-refractivity contribution in [3.8, 4) is 0 Å². The predicted molar refractivity (Wildman–Crippen MR) is 85.4 cm³/mol. The number of likely N-dealkylation sites (tertiary alicyclic amines) is 1. The summed E-state index contributed by atoms with van der Waals surface area (Å²) in [7, 11) is 0. The largest absolute Gasteiger partial charge is 0.450 e. The molecule has 2 unspecified atom stereocenters. The normalized spacial score (nSPS) is 27.7. The molecule has 122 valence electrons. The molecule has 1 saturated carbocycles. The highest BCUT2D eigenvalue weighted by Gasteiger charge is 2.33. The van der Waals surface area contributed by atoms with Gasteiger partial charge in [0.05, 0.1) is 6.61 Å². The molecule has 21 heavy (non-hydrogen) atoms. The summed E-state index contributed by atoms with van der Waals surface area (Å²) in [6.07, 6.45) is 10.1. The summed E-state index contributed by atoms with van der Waals surface area (Å²) >= 11 is 0. The molecule has 1 N–H and O–H groups in total. The first-order chi connectivity index (χ1) is 10.2. The maximum Gasteiger partial charge on any atom is 0.407 e. The fourth-order valence-electron chi connectivity index (χ4n) is 3.95. The fraction of sp³-hybridized carbons (Fsp3) is 0.941. The summed E-state index contributed by atoms with van der Waals surface area (Å²) in [6.45, 7) is 6.79. The Bertz CT molecular complexity index is 316. The van der Waals surface area contributed by atoms with Gasteiger partial charge in [-0.1, -0.05) is 32.6 Å². The van der Waals surface area contributed by atoms with Crippen LogP contribution in [0.4, 0.5) is 4.79 Å². The number of hydrogen-bond acceptors (Lipinski definition) is 3. The van der Waals surface area contributed by atoms with Crippen LogP contribution in [0.2, 0.25) is 0 Å². The molecule has 0 aromatic carbocycles. The van der Waals surface area contributed by atoms with E-state index in [0.29, 0.717) is 6.61 Å². The van der Waals surface area contributed by atoms with Crippen molar-refractivity contribution in [3.05, 3.63) is 0 Å². The summed E-state index contributed by atoms with van der Waals surface area (Å²) in [5.74, 6) is 0.728. The Morgan fingerprint density at radius 3 is 2.67 bits per heavy atom. The van der Waals surface area contributed by atoms with Gasteiger partial charge in [0.2, 0.25) is 0 Å². The number of ether oxygens (including phenoxy) is 1. The Morgan fingerprint density at radius 2 is 2.00 bits per heavy atom. The molecule has 0 spiro atoms. The third-order valence-corrected chi connectivity index (χ3v) is 4.97. The summed E-state index contributed by atoms with van der Waals surface area (Å²) in [4.78, 5) is 14.4. The molecule has 4 nitrogen and oxygen atoms in total. The van der Waals surface area contributed by atoms with Crippen molar-refractivity contribution in [1.29, 1.82) is 0 Å². The number of carbonyl (C=O) groups is 1. The Hall–Kier alpha value is -0.770. The average Bonchev–Trinajstić information content (AvgIpc) is 2.99. The maximum atomic E-state index is 11.7. The molecule has 0 radical (unpaired) electrons. The zero-order valence-electron chi connectivity index (χ0n) is 13.8. The maximum absolute atomic E-state index is 11.7. The number of nitrogens with zero attached hydrogens (tertiary/aromatic N) is 1. The van der Waals surface area contributed by atoms with Crippen molar-refractivity contribution in [2.75, 3.05) is 19.7 Å². The molecule has 2 rings (SSSR count). The minimum atomic E-state index is -0.245. The topological polar surface area (TPSA) is 41.6 Å². The van der Waals surface area contributed by atoms with E-state index in [1.54, 1.807) is 0 Å². The second kappa shape index (κ2) is 8.62. The van der Waals surface area contributed by atoms with Crippen LogP contribution < -0.4 is 5.32 Å². The lowest BCUT2D eigenvalue weighted by Gasteiger charge is -2.41. The van der Waals surface area contributed by atoms with E-state index < -0.39 is 0 Å². The van der Waals surface area contributed by atoms with Gasteiger partial charge in [0.15, 0.2) is 0 Å². The Balaban J connectivity index is 1.90. The number of unbranched alkanes of at least 4 members (excludes halogenated alkanes) is 1. The van der Waals surface area contributed by atoms with Gasteiger partial charge in [-0.3, -0.25) is 4.90 Å². The average molecular weight is 296 g/mol. The van der Waals surface area contributed by atoms with E-state index in [2.05, 4.69) is 17.1 Å². The van der Waals surface area contributed by atoms with Gasteiger partial charge in [-0.2, -0.15) is 0 Å². The van der Waals surface area contributed by atoms with Gasteiger partial charge in [-0.15, -0.1) is 0 Å². The van der Waals surface area contributed by atoms with Gasteiger partial charge in [-0.05, 0) is 38.5 Å². The van der Waals surface area contributed by atoms with E-state index in [4.69, 9.17) is 4.74 Å². The van der Waals surface area contributed by atoms with Crippen molar-refractivity contribution in [2.24, 2.45) is 5.92 Å². The summed E-state index contributed by atoms with van der Waals surface area (Å²) in [5, 5.41) is 3.08. The second-order valence-corrected chi connectivity index (χ2v) is 6.70. The van der Waals surface area contributed by atoms with Crippen LogP contribution in [0.25, 0.3) is 0 Å². The number of carbonyl (C=O) groups excluding carboxylic acids is 1. The van der Waals surface area contributed by atoms with Crippen molar-refractivity contribution in [3.63, 3.8) is 0 Å². The highest BCUT2D eigenvalue weighted by Crippen LogP contribution is 2.29. The van der Waals surface area contributed by atoms with Crippen LogP contribution in [-0.4, -0.2) is 42.8 Å². The van der Waals surface area contributed by atoms with Crippen LogP contribution in [0.1, 0.15) is 65.2 Å². The zero-order chi connectivity index (χ0) is 15.1. The molecule has 1 saturated heterocycles. The van der Waals surface area contributed by atoms with E-state index >= 15 is 0 Å². The molecule has 1 amide bonds. The van der Waals surface area contributed by atoms with Crippen molar-refractivity contribution in [2.45, 2.75) is 77.3 Å². The van der Waals surface area contributed by atoms with Gasteiger partial charge in [0, 0.05) is 25.2 Å². The molecule has 2 fully saturated rings. The second-order valence-electron chi connectivity index (χ2n) is 6.70. The molecule has 0 bridgehead atoms. The van der Waals surface area contributed by atoms with Crippen molar-refractivity contribution in [1.82, 2.24) is 10.2 Å². The lowest BCUT2D eigenvalue weighted by molar-refractivity contribution is 0.0868. The predicted octanol–water partition coefficient (Wildman–Crippen LogP) is 3.56. The molecule has 0 aromatic heterocycles. The Labute approximate surface area is 129 Å². The molecule has 2 atom stereocenters. The fourth-order valence-corrected chi connectivity index (χ4v) is 3.95. The monoisotopic (exact) mass is 296 g/mol. The quantitative estimate of drug-likeness (QED) is 0.815. The molecular weight excluding hydrogens is 264 g/mol. The van der Waals surface area contributed by atoms with Gasteiger partial charge >= 0.3 is 6.09 Å².